The largest absolute Gasteiger partial charge is 0.486 e. The molecule has 0 radical (unpaired) electrons. The predicted octanol–water partition coefficient (Wildman–Crippen LogP) is 2.33. The summed E-state index contributed by atoms with van der Waals surface area (Å²) in [5.74, 6) is 1.72. The average Bonchev–Trinajstić information content (AvgIpc) is 2.77. The maximum atomic E-state index is 6.05. The van der Waals surface area contributed by atoms with Crippen molar-refractivity contribution in [2.24, 2.45) is 5.73 Å². The molecule has 2 heterocycles. The molecule has 0 amide bonds. The van der Waals surface area contributed by atoms with E-state index in [1.54, 1.807) is 0 Å². The summed E-state index contributed by atoms with van der Waals surface area (Å²) >= 11 is 0. The number of benzene rings is 1. The van der Waals surface area contributed by atoms with E-state index in [-0.39, 0.29) is 0 Å². The smallest absolute Gasteiger partial charge is 0.161 e. The fourth-order valence-electron chi connectivity index (χ4n) is 3.17. The van der Waals surface area contributed by atoms with Crippen LogP contribution in [0, 0.1) is 0 Å². The van der Waals surface area contributed by atoms with Gasteiger partial charge in [0.2, 0.25) is 0 Å². The molecule has 4 nitrogen and oxygen atoms in total. The van der Waals surface area contributed by atoms with Gasteiger partial charge in [-0.05, 0) is 43.6 Å². The predicted molar refractivity (Wildman–Crippen MR) is 79.3 cm³/mol. The molecule has 1 unspecified atom stereocenters. The molecule has 2 N–H and O–H groups in total. The van der Waals surface area contributed by atoms with Gasteiger partial charge in [0.05, 0.1) is 0 Å². The van der Waals surface area contributed by atoms with Crippen LogP contribution in [0.2, 0.25) is 0 Å². The van der Waals surface area contributed by atoms with Crippen LogP contribution in [0.15, 0.2) is 18.2 Å². The van der Waals surface area contributed by atoms with Gasteiger partial charge in [-0.25, -0.2) is 0 Å². The monoisotopic (exact) mass is 276 g/mol. The molecule has 3 rings (SSSR count). The standard InChI is InChI=1S/C16H24N2O2/c17-12-14(18-7-3-1-2-4-8-18)13-5-6-15-16(11-13)20-10-9-19-15/h5-6,11,14H,1-4,7-10,12,17H2. The van der Waals surface area contributed by atoms with E-state index >= 15 is 0 Å². The van der Waals surface area contributed by atoms with Crippen LogP contribution < -0.4 is 15.2 Å². The molecule has 1 saturated heterocycles. The van der Waals surface area contributed by atoms with Crippen molar-refractivity contribution in [3.8, 4) is 11.5 Å². The van der Waals surface area contributed by atoms with Crippen molar-refractivity contribution >= 4 is 0 Å². The molecule has 1 fully saturated rings. The Labute approximate surface area is 120 Å². The molecular formula is C16H24N2O2. The van der Waals surface area contributed by atoms with Crippen molar-refractivity contribution in [3.05, 3.63) is 23.8 Å². The van der Waals surface area contributed by atoms with Crippen LogP contribution in [-0.2, 0) is 0 Å². The Kier molecular flexibility index (Phi) is 4.43. The molecule has 0 spiro atoms. The van der Waals surface area contributed by atoms with E-state index in [4.69, 9.17) is 15.2 Å². The Hall–Kier alpha value is -1.26. The van der Waals surface area contributed by atoms with Crippen LogP contribution in [0.5, 0.6) is 11.5 Å². The van der Waals surface area contributed by atoms with Crippen LogP contribution in [0.25, 0.3) is 0 Å². The van der Waals surface area contributed by atoms with E-state index in [0.29, 0.717) is 25.8 Å². The number of fused-ring (bicyclic) bond motifs is 1. The first-order chi connectivity index (χ1) is 9.88. The number of nitrogens with zero attached hydrogens (tertiary/aromatic N) is 1. The minimum absolute atomic E-state index is 0.295. The second kappa shape index (κ2) is 6.46. The van der Waals surface area contributed by atoms with Gasteiger partial charge in [0.15, 0.2) is 11.5 Å². The molecule has 0 saturated carbocycles. The lowest BCUT2D eigenvalue weighted by atomic mass is 10.0. The SMILES string of the molecule is NCC(c1ccc2c(c1)OCCO2)N1CCCCCC1. The number of hydrogen-bond acceptors (Lipinski definition) is 4. The van der Waals surface area contributed by atoms with Crippen molar-refractivity contribution < 1.29 is 9.47 Å². The molecule has 20 heavy (non-hydrogen) atoms. The normalized spacial score (nSPS) is 21.2. The summed E-state index contributed by atoms with van der Waals surface area (Å²) in [6.07, 6.45) is 5.24. The molecule has 0 aliphatic carbocycles. The highest BCUT2D eigenvalue weighted by atomic mass is 16.6. The molecule has 1 aromatic carbocycles. The zero-order chi connectivity index (χ0) is 13.8. The quantitative estimate of drug-likeness (QED) is 0.920. The number of nitrogens with two attached hydrogens (primary N) is 1. The van der Waals surface area contributed by atoms with Gasteiger partial charge in [0.1, 0.15) is 13.2 Å². The third-order valence-electron chi connectivity index (χ3n) is 4.26. The first-order valence-corrected chi connectivity index (χ1v) is 7.72. The van der Waals surface area contributed by atoms with Crippen LogP contribution in [0.3, 0.4) is 0 Å². The third-order valence-corrected chi connectivity index (χ3v) is 4.26. The van der Waals surface area contributed by atoms with E-state index in [1.165, 1.54) is 31.2 Å². The molecule has 4 heteroatoms. The lowest BCUT2D eigenvalue weighted by Crippen LogP contribution is -2.34. The van der Waals surface area contributed by atoms with E-state index in [2.05, 4.69) is 17.0 Å². The van der Waals surface area contributed by atoms with Crippen molar-refractivity contribution in [2.45, 2.75) is 31.7 Å². The van der Waals surface area contributed by atoms with Crippen molar-refractivity contribution in [1.82, 2.24) is 4.90 Å². The molecule has 0 bridgehead atoms. The summed E-state index contributed by atoms with van der Waals surface area (Å²) in [6, 6.07) is 6.56. The summed E-state index contributed by atoms with van der Waals surface area (Å²) < 4.78 is 11.3. The summed E-state index contributed by atoms with van der Waals surface area (Å²) in [6.45, 7) is 4.22. The molecule has 2 aliphatic rings. The van der Waals surface area contributed by atoms with Gasteiger partial charge in [-0.3, -0.25) is 4.90 Å². The summed E-state index contributed by atoms with van der Waals surface area (Å²) in [4.78, 5) is 2.53. The summed E-state index contributed by atoms with van der Waals surface area (Å²) in [7, 11) is 0. The summed E-state index contributed by atoms with van der Waals surface area (Å²) in [5, 5.41) is 0. The van der Waals surface area contributed by atoms with Gasteiger partial charge >= 0.3 is 0 Å². The van der Waals surface area contributed by atoms with Crippen LogP contribution in [0.4, 0.5) is 0 Å². The maximum Gasteiger partial charge on any atom is 0.161 e. The molecule has 110 valence electrons. The zero-order valence-electron chi connectivity index (χ0n) is 12.0. The number of rotatable bonds is 3. The van der Waals surface area contributed by atoms with Crippen LogP contribution >= 0.6 is 0 Å². The van der Waals surface area contributed by atoms with Gasteiger partial charge in [-0.1, -0.05) is 18.9 Å². The number of likely N-dealkylation sites (tertiary alicyclic amines) is 1. The summed E-state index contributed by atoms with van der Waals surface area (Å²) in [5.41, 5.74) is 7.30. The number of hydrogen-bond donors (Lipinski definition) is 1. The minimum Gasteiger partial charge on any atom is -0.486 e. The minimum atomic E-state index is 0.295. The molecule has 2 aliphatic heterocycles. The first-order valence-electron chi connectivity index (χ1n) is 7.72. The molecule has 1 atom stereocenters. The molecule has 0 aromatic heterocycles. The average molecular weight is 276 g/mol. The van der Waals surface area contributed by atoms with Crippen LogP contribution in [0.1, 0.15) is 37.3 Å². The Morgan fingerprint density at radius 3 is 2.40 bits per heavy atom. The third kappa shape index (κ3) is 2.91. The van der Waals surface area contributed by atoms with Gasteiger partial charge < -0.3 is 15.2 Å². The van der Waals surface area contributed by atoms with Crippen molar-refractivity contribution in [2.75, 3.05) is 32.8 Å². The van der Waals surface area contributed by atoms with Gasteiger partial charge in [-0.15, -0.1) is 0 Å². The lowest BCUT2D eigenvalue weighted by molar-refractivity contribution is 0.169. The van der Waals surface area contributed by atoms with E-state index in [0.717, 1.165) is 24.6 Å². The lowest BCUT2D eigenvalue weighted by Gasteiger charge is -2.31. The Morgan fingerprint density at radius 1 is 1.00 bits per heavy atom. The topological polar surface area (TPSA) is 47.7 Å². The zero-order valence-corrected chi connectivity index (χ0v) is 12.0. The second-order valence-corrected chi connectivity index (χ2v) is 5.60. The van der Waals surface area contributed by atoms with Crippen LogP contribution in [-0.4, -0.2) is 37.7 Å². The molecule has 1 aromatic rings. The van der Waals surface area contributed by atoms with E-state index in [1.807, 2.05) is 6.07 Å². The highest BCUT2D eigenvalue weighted by molar-refractivity contribution is 5.44. The highest BCUT2D eigenvalue weighted by Crippen LogP contribution is 2.34. The van der Waals surface area contributed by atoms with Gasteiger partial charge in [0.25, 0.3) is 0 Å². The fourth-order valence-corrected chi connectivity index (χ4v) is 3.17. The first kappa shape index (κ1) is 13.7. The van der Waals surface area contributed by atoms with E-state index < -0.39 is 0 Å². The second-order valence-electron chi connectivity index (χ2n) is 5.60. The van der Waals surface area contributed by atoms with Gasteiger partial charge in [0, 0.05) is 12.6 Å². The van der Waals surface area contributed by atoms with Gasteiger partial charge in [-0.2, -0.15) is 0 Å². The Bertz CT molecular complexity index is 442. The Morgan fingerprint density at radius 2 is 1.70 bits per heavy atom. The fraction of sp³-hybridized carbons (Fsp3) is 0.625. The highest BCUT2D eigenvalue weighted by Gasteiger charge is 2.22. The van der Waals surface area contributed by atoms with Crippen molar-refractivity contribution in [1.29, 1.82) is 0 Å². The van der Waals surface area contributed by atoms with Crippen molar-refractivity contribution in [3.63, 3.8) is 0 Å². The molecular weight excluding hydrogens is 252 g/mol. The van der Waals surface area contributed by atoms with E-state index in [9.17, 15) is 0 Å². The Balaban J connectivity index is 1.81. The number of ether oxygens (including phenoxy) is 2. The maximum absolute atomic E-state index is 6.05.